The molecule has 0 fully saturated rings. The van der Waals surface area contributed by atoms with Gasteiger partial charge in [-0.3, -0.25) is 0 Å². The van der Waals surface area contributed by atoms with Crippen LogP contribution in [0.5, 0.6) is 0 Å². The van der Waals surface area contributed by atoms with Crippen molar-refractivity contribution in [2.75, 3.05) is 19.0 Å². The van der Waals surface area contributed by atoms with Gasteiger partial charge < -0.3 is 10.6 Å². The van der Waals surface area contributed by atoms with E-state index in [4.69, 9.17) is 5.73 Å². The Morgan fingerprint density at radius 2 is 1.94 bits per heavy atom. The smallest absolute Gasteiger partial charge is 0.0568 e. The van der Waals surface area contributed by atoms with E-state index in [1.54, 1.807) is 0 Å². The normalized spacial score (nSPS) is 14.0. The van der Waals surface area contributed by atoms with Gasteiger partial charge in [0.05, 0.1) is 6.04 Å². The van der Waals surface area contributed by atoms with Crippen LogP contribution in [0.25, 0.3) is 0 Å². The molecule has 1 aromatic rings. The van der Waals surface area contributed by atoms with Gasteiger partial charge in [-0.05, 0) is 43.5 Å². The Balaban J connectivity index is 3.24. The van der Waals surface area contributed by atoms with Crippen LogP contribution in [0.2, 0.25) is 0 Å². The molecule has 2 N–H and O–H groups in total. The van der Waals surface area contributed by atoms with Crippen molar-refractivity contribution in [1.82, 2.24) is 0 Å². The third-order valence-corrected chi connectivity index (χ3v) is 3.05. The maximum absolute atomic E-state index is 6.38. The molecule has 1 aromatic carbocycles. The lowest BCUT2D eigenvalue weighted by Gasteiger charge is -2.23. The van der Waals surface area contributed by atoms with Crippen LogP contribution < -0.4 is 10.6 Å². The molecule has 0 amide bonds. The Labute approximate surface area is 111 Å². The number of anilines is 1. The minimum absolute atomic E-state index is 0.0794. The second-order valence-corrected chi connectivity index (χ2v) is 4.72. The summed E-state index contributed by atoms with van der Waals surface area (Å²) >= 11 is 0. The maximum Gasteiger partial charge on any atom is 0.0568 e. The molecule has 0 aliphatic carbocycles. The van der Waals surface area contributed by atoms with Gasteiger partial charge in [-0.25, -0.2) is 0 Å². The van der Waals surface area contributed by atoms with E-state index in [2.05, 4.69) is 56.3 Å². The number of aryl methyl sites for hydroxylation is 1. The van der Waals surface area contributed by atoms with Crippen molar-refractivity contribution < 1.29 is 0 Å². The van der Waals surface area contributed by atoms with Crippen molar-refractivity contribution in [1.29, 1.82) is 0 Å². The van der Waals surface area contributed by atoms with E-state index >= 15 is 0 Å². The highest BCUT2D eigenvalue weighted by Crippen LogP contribution is 2.29. The molecule has 1 atom stereocenters. The second-order valence-electron chi connectivity index (χ2n) is 4.72. The molecule has 0 bridgehead atoms. The highest BCUT2D eigenvalue weighted by Gasteiger charge is 2.14. The van der Waals surface area contributed by atoms with Crippen LogP contribution in [0.1, 0.15) is 31.0 Å². The number of hydrogen-bond donors (Lipinski definition) is 1. The number of allylic oxidation sites excluding steroid dienone is 2. The van der Waals surface area contributed by atoms with Gasteiger partial charge in [0.25, 0.3) is 0 Å². The van der Waals surface area contributed by atoms with Crippen LogP contribution in [0.4, 0.5) is 5.69 Å². The zero-order valence-corrected chi connectivity index (χ0v) is 12.1. The number of hydrogen-bond acceptors (Lipinski definition) is 2. The number of nitrogens with zero attached hydrogens (tertiary/aromatic N) is 1. The summed E-state index contributed by atoms with van der Waals surface area (Å²) in [4.78, 5) is 2.12. The molecule has 0 radical (unpaired) electrons. The number of benzene rings is 1. The van der Waals surface area contributed by atoms with Crippen molar-refractivity contribution in [2.24, 2.45) is 5.73 Å². The van der Waals surface area contributed by atoms with E-state index in [1.165, 1.54) is 11.3 Å². The SMILES string of the molecule is C/C=C\C(=C/C)C(N)c1ccc(C)cc1N(C)C. The average Bonchev–Trinajstić information content (AvgIpc) is 2.35. The Morgan fingerprint density at radius 1 is 1.28 bits per heavy atom. The summed E-state index contributed by atoms with van der Waals surface area (Å²) < 4.78 is 0. The standard InChI is InChI=1S/C16H24N2/c1-6-8-13(7-2)16(17)14-10-9-12(3)11-15(14)18(4)5/h6-11,16H,17H2,1-5H3/b8-6-,13-7+. The second kappa shape index (κ2) is 6.41. The fraction of sp³-hybridized carbons (Fsp3) is 0.375. The summed E-state index contributed by atoms with van der Waals surface area (Å²) in [6, 6.07) is 6.34. The van der Waals surface area contributed by atoms with Gasteiger partial charge in [0, 0.05) is 19.8 Å². The molecule has 0 aliphatic heterocycles. The summed E-state index contributed by atoms with van der Waals surface area (Å²) in [6.07, 6.45) is 6.17. The molecule has 18 heavy (non-hydrogen) atoms. The van der Waals surface area contributed by atoms with Crippen molar-refractivity contribution >= 4 is 5.69 Å². The summed E-state index contributed by atoms with van der Waals surface area (Å²) in [5.41, 5.74) is 11.1. The van der Waals surface area contributed by atoms with Gasteiger partial charge in [0.1, 0.15) is 0 Å². The fourth-order valence-electron chi connectivity index (χ4n) is 2.06. The van der Waals surface area contributed by atoms with Crippen LogP contribution >= 0.6 is 0 Å². The number of nitrogens with two attached hydrogens (primary N) is 1. The molecule has 0 heterocycles. The Bertz CT molecular complexity index is 456. The van der Waals surface area contributed by atoms with Gasteiger partial charge in [0.15, 0.2) is 0 Å². The van der Waals surface area contributed by atoms with Crippen LogP contribution in [0.3, 0.4) is 0 Å². The molecule has 2 nitrogen and oxygen atoms in total. The first kappa shape index (κ1) is 14.5. The van der Waals surface area contributed by atoms with E-state index in [-0.39, 0.29) is 6.04 Å². The highest BCUT2D eigenvalue weighted by molar-refractivity contribution is 5.58. The van der Waals surface area contributed by atoms with Crippen molar-refractivity contribution in [3.8, 4) is 0 Å². The van der Waals surface area contributed by atoms with E-state index < -0.39 is 0 Å². The molecule has 0 saturated heterocycles. The summed E-state index contributed by atoms with van der Waals surface area (Å²) in [5.74, 6) is 0. The molecule has 0 aliphatic rings. The minimum atomic E-state index is -0.0794. The van der Waals surface area contributed by atoms with Crippen molar-refractivity contribution in [3.05, 3.63) is 53.1 Å². The van der Waals surface area contributed by atoms with Crippen LogP contribution in [0.15, 0.2) is 42.0 Å². The van der Waals surface area contributed by atoms with E-state index in [0.717, 1.165) is 11.1 Å². The van der Waals surface area contributed by atoms with Gasteiger partial charge in [-0.2, -0.15) is 0 Å². The maximum atomic E-state index is 6.38. The van der Waals surface area contributed by atoms with E-state index in [0.29, 0.717) is 0 Å². The van der Waals surface area contributed by atoms with Crippen molar-refractivity contribution in [2.45, 2.75) is 26.8 Å². The zero-order valence-electron chi connectivity index (χ0n) is 12.1. The van der Waals surface area contributed by atoms with Gasteiger partial charge in [-0.15, -0.1) is 0 Å². The molecular formula is C16H24N2. The Morgan fingerprint density at radius 3 is 2.44 bits per heavy atom. The first-order valence-electron chi connectivity index (χ1n) is 6.33. The summed E-state index contributed by atoms with van der Waals surface area (Å²) in [7, 11) is 4.10. The predicted octanol–water partition coefficient (Wildman–Crippen LogP) is 3.58. The Kier molecular flexibility index (Phi) is 5.17. The topological polar surface area (TPSA) is 29.3 Å². The quantitative estimate of drug-likeness (QED) is 0.820. The van der Waals surface area contributed by atoms with E-state index in [9.17, 15) is 0 Å². The largest absolute Gasteiger partial charge is 0.377 e. The van der Waals surface area contributed by atoms with Gasteiger partial charge in [-0.1, -0.05) is 30.4 Å². The van der Waals surface area contributed by atoms with Crippen LogP contribution in [0, 0.1) is 6.92 Å². The first-order chi connectivity index (χ1) is 8.51. The minimum Gasteiger partial charge on any atom is -0.377 e. The van der Waals surface area contributed by atoms with Crippen LogP contribution in [-0.4, -0.2) is 14.1 Å². The van der Waals surface area contributed by atoms with Crippen LogP contribution in [-0.2, 0) is 0 Å². The first-order valence-corrected chi connectivity index (χ1v) is 6.33. The lowest BCUT2D eigenvalue weighted by Crippen LogP contribution is -2.18. The third kappa shape index (κ3) is 3.23. The summed E-state index contributed by atoms with van der Waals surface area (Å²) in [6.45, 7) is 6.14. The molecule has 98 valence electrons. The molecule has 0 saturated carbocycles. The predicted molar refractivity (Wildman–Crippen MR) is 81.0 cm³/mol. The molecule has 1 unspecified atom stereocenters. The molecular weight excluding hydrogens is 220 g/mol. The highest BCUT2D eigenvalue weighted by atomic mass is 15.1. The monoisotopic (exact) mass is 244 g/mol. The van der Waals surface area contributed by atoms with Crippen molar-refractivity contribution in [3.63, 3.8) is 0 Å². The van der Waals surface area contributed by atoms with Gasteiger partial charge in [0.2, 0.25) is 0 Å². The third-order valence-electron chi connectivity index (χ3n) is 3.05. The number of rotatable bonds is 4. The average molecular weight is 244 g/mol. The summed E-state index contributed by atoms with van der Waals surface area (Å²) in [5, 5.41) is 0. The lowest BCUT2D eigenvalue weighted by molar-refractivity contribution is 0.859. The molecule has 1 rings (SSSR count). The molecule has 0 aromatic heterocycles. The lowest BCUT2D eigenvalue weighted by atomic mass is 9.96. The fourth-order valence-corrected chi connectivity index (χ4v) is 2.06. The Hall–Kier alpha value is -1.54. The molecule has 0 spiro atoms. The zero-order chi connectivity index (χ0) is 13.7. The molecule has 2 heteroatoms. The van der Waals surface area contributed by atoms with E-state index in [1.807, 2.05) is 19.9 Å². The van der Waals surface area contributed by atoms with Gasteiger partial charge >= 0.3 is 0 Å².